The lowest BCUT2D eigenvalue weighted by Crippen LogP contribution is -2.50. The van der Waals surface area contributed by atoms with Crippen LogP contribution in [0.25, 0.3) is 11.0 Å². The van der Waals surface area contributed by atoms with Crippen LogP contribution in [-0.4, -0.2) is 59.6 Å². The molecule has 1 unspecified atom stereocenters. The van der Waals surface area contributed by atoms with Crippen molar-refractivity contribution >= 4 is 17.1 Å². The predicted octanol–water partition coefficient (Wildman–Crippen LogP) is 5.09. The molecular formula is C24H35FN3O3+. The normalized spacial score (nSPS) is 22.5. The molecule has 2 aromatic heterocycles. The van der Waals surface area contributed by atoms with Crippen molar-refractivity contribution in [2.24, 2.45) is 5.92 Å². The number of halogens is 1. The topological polar surface area (TPSA) is 61.3 Å². The van der Waals surface area contributed by atoms with E-state index in [1.54, 1.807) is 13.3 Å². The minimum atomic E-state index is -0.900. The molecule has 1 fully saturated rings. The fraction of sp³-hybridized carbons (Fsp3) is 0.625. The smallest absolute Gasteiger partial charge is 0.496 e. The second kappa shape index (κ2) is 9.47. The van der Waals surface area contributed by atoms with Crippen molar-refractivity contribution in [1.29, 1.82) is 0 Å². The Balaban J connectivity index is 1.48. The third-order valence-corrected chi connectivity index (χ3v) is 5.96. The average molecular weight is 433 g/mol. The van der Waals surface area contributed by atoms with E-state index in [2.05, 4.69) is 9.97 Å². The van der Waals surface area contributed by atoms with E-state index in [-0.39, 0.29) is 16.5 Å². The lowest BCUT2D eigenvalue weighted by molar-refractivity contribution is -0.827. The molecule has 0 N–H and O–H groups in total. The van der Waals surface area contributed by atoms with Gasteiger partial charge in [-0.3, -0.25) is 0 Å². The van der Waals surface area contributed by atoms with Gasteiger partial charge >= 0.3 is 6.09 Å². The molecule has 2 aromatic rings. The maximum atomic E-state index is 14.9. The standard InChI is InChI=1S/C24H35FN3O3/c1-24(2,3)31-23(29)28(4)14-12-17(16-28)20(25)11-7-6-9-18-15-21(30-5)19-10-8-13-26-22(19)27-18/h8,10,13,15,17,20H,6-7,9,11-12,14,16H2,1-5H3/q+1/t17-,20?,28+/m1/s1. The van der Waals surface area contributed by atoms with Crippen molar-refractivity contribution in [3.8, 4) is 5.75 Å². The molecule has 1 aliphatic rings. The number of alkyl halides is 1. The van der Waals surface area contributed by atoms with Gasteiger partial charge < -0.3 is 9.47 Å². The highest BCUT2D eigenvalue weighted by Gasteiger charge is 2.46. The minimum absolute atomic E-state index is 0.0967. The largest absolute Gasteiger partial charge is 0.516 e. The number of aromatic nitrogens is 2. The highest BCUT2D eigenvalue weighted by atomic mass is 19.1. The zero-order chi connectivity index (χ0) is 22.6. The van der Waals surface area contributed by atoms with E-state index in [0.29, 0.717) is 31.6 Å². The van der Waals surface area contributed by atoms with Gasteiger partial charge in [0.25, 0.3) is 0 Å². The van der Waals surface area contributed by atoms with Crippen molar-refractivity contribution in [3.63, 3.8) is 0 Å². The first-order valence-corrected chi connectivity index (χ1v) is 11.1. The van der Waals surface area contributed by atoms with E-state index in [1.165, 1.54) is 0 Å². The summed E-state index contributed by atoms with van der Waals surface area (Å²) in [6.45, 7) is 6.72. The summed E-state index contributed by atoms with van der Waals surface area (Å²) < 4.78 is 26.1. The van der Waals surface area contributed by atoms with Crippen LogP contribution in [0, 0.1) is 5.92 Å². The molecule has 0 bridgehead atoms. The molecule has 0 aromatic carbocycles. The molecule has 0 aliphatic carbocycles. The van der Waals surface area contributed by atoms with E-state index in [0.717, 1.165) is 36.1 Å². The van der Waals surface area contributed by atoms with Crippen LogP contribution in [0.1, 0.15) is 52.1 Å². The number of carbonyl (C=O) groups is 1. The van der Waals surface area contributed by atoms with Crippen LogP contribution in [0.2, 0.25) is 0 Å². The van der Waals surface area contributed by atoms with Crippen LogP contribution in [0.4, 0.5) is 9.18 Å². The number of hydrogen-bond acceptors (Lipinski definition) is 5. The number of carbonyl (C=O) groups excluding carboxylic acids is 1. The van der Waals surface area contributed by atoms with Crippen molar-refractivity contribution in [2.75, 3.05) is 27.2 Å². The lowest BCUT2D eigenvalue weighted by atomic mass is 9.97. The summed E-state index contributed by atoms with van der Waals surface area (Å²) in [5, 5.41) is 0.893. The van der Waals surface area contributed by atoms with Crippen molar-refractivity contribution in [2.45, 2.75) is 64.6 Å². The number of quaternary nitrogens is 1. The van der Waals surface area contributed by atoms with Gasteiger partial charge in [0, 0.05) is 30.3 Å². The summed E-state index contributed by atoms with van der Waals surface area (Å²) >= 11 is 0. The molecule has 3 atom stereocenters. The molecule has 3 heterocycles. The molecule has 1 saturated heterocycles. The number of methoxy groups -OCH3 is 1. The zero-order valence-corrected chi connectivity index (χ0v) is 19.4. The number of aryl methyl sites for hydroxylation is 1. The van der Waals surface area contributed by atoms with E-state index in [1.807, 2.05) is 46.0 Å². The first-order chi connectivity index (χ1) is 14.6. The van der Waals surface area contributed by atoms with Crippen LogP contribution in [0.5, 0.6) is 5.75 Å². The molecule has 6 nitrogen and oxygen atoms in total. The Hall–Kier alpha value is -2.28. The molecule has 0 radical (unpaired) electrons. The molecule has 0 spiro atoms. The Bertz CT molecular complexity index is 915. The molecule has 1 amide bonds. The molecule has 1 aliphatic heterocycles. The SMILES string of the molecule is COc1cc(CCCCC(F)[C@@H]2CC[N@+](C)(C(=O)OC(C)(C)C)C2)nc2ncccc12. The van der Waals surface area contributed by atoms with Crippen LogP contribution < -0.4 is 4.74 Å². The van der Waals surface area contributed by atoms with Gasteiger partial charge in [0.15, 0.2) is 5.65 Å². The van der Waals surface area contributed by atoms with E-state index in [4.69, 9.17) is 9.47 Å². The highest BCUT2D eigenvalue weighted by molar-refractivity contribution is 5.81. The highest BCUT2D eigenvalue weighted by Crippen LogP contribution is 2.31. The number of hydrogen-bond donors (Lipinski definition) is 0. The van der Waals surface area contributed by atoms with E-state index >= 15 is 0 Å². The Morgan fingerprint density at radius 3 is 2.84 bits per heavy atom. The summed E-state index contributed by atoms with van der Waals surface area (Å²) in [5.74, 6) is 0.669. The van der Waals surface area contributed by atoms with Gasteiger partial charge in [0.1, 0.15) is 17.5 Å². The maximum Gasteiger partial charge on any atom is 0.516 e. The first-order valence-electron chi connectivity index (χ1n) is 11.1. The maximum absolute atomic E-state index is 14.9. The number of ether oxygens (including phenoxy) is 2. The quantitative estimate of drug-likeness (QED) is 0.450. The number of rotatable bonds is 7. The molecule has 7 heteroatoms. The van der Waals surface area contributed by atoms with Gasteiger partial charge in [-0.05, 0) is 52.2 Å². The van der Waals surface area contributed by atoms with Crippen molar-refractivity contribution < 1.29 is 23.1 Å². The summed E-state index contributed by atoms with van der Waals surface area (Å²) in [4.78, 5) is 21.4. The Kier molecular flexibility index (Phi) is 7.14. The van der Waals surface area contributed by atoms with E-state index < -0.39 is 11.8 Å². The monoisotopic (exact) mass is 432 g/mol. The fourth-order valence-electron chi connectivity index (χ4n) is 4.24. The third kappa shape index (κ3) is 5.91. The Morgan fingerprint density at radius 1 is 1.35 bits per heavy atom. The molecule has 170 valence electrons. The molecule has 3 rings (SSSR count). The van der Waals surface area contributed by atoms with Gasteiger partial charge in [-0.25, -0.2) is 18.8 Å². The van der Waals surface area contributed by atoms with Gasteiger partial charge in [0.2, 0.25) is 0 Å². The summed E-state index contributed by atoms with van der Waals surface area (Å²) in [7, 11) is 3.50. The average Bonchev–Trinajstić information content (AvgIpc) is 3.13. The van der Waals surface area contributed by atoms with Crippen LogP contribution >= 0.6 is 0 Å². The number of amides is 1. The fourth-order valence-corrected chi connectivity index (χ4v) is 4.24. The lowest BCUT2D eigenvalue weighted by Gasteiger charge is -2.29. The predicted molar refractivity (Wildman–Crippen MR) is 119 cm³/mol. The number of likely N-dealkylation sites (tertiary alicyclic amines) is 1. The zero-order valence-electron chi connectivity index (χ0n) is 19.4. The van der Waals surface area contributed by atoms with Gasteiger partial charge in [-0.2, -0.15) is 4.79 Å². The number of fused-ring (bicyclic) bond motifs is 1. The second-order valence-electron chi connectivity index (χ2n) is 9.78. The van der Waals surface area contributed by atoms with Crippen molar-refractivity contribution in [3.05, 3.63) is 30.1 Å². The number of pyridine rings is 2. The first kappa shape index (κ1) is 23.4. The Labute approximate surface area is 184 Å². The number of unbranched alkanes of at least 4 members (excludes halogenated alkanes) is 1. The molecule has 31 heavy (non-hydrogen) atoms. The summed E-state index contributed by atoms with van der Waals surface area (Å²) in [6.07, 6.45) is 4.16. The van der Waals surface area contributed by atoms with Crippen molar-refractivity contribution in [1.82, 2.24) is 9.97 Å². The van der Waals surface area contributed by atoms with Crippen LogP contribution in [-0.2, 0) is 11.2 Å². The summed E-state index contributed by atoms with van der Waals surface area (Å²) in [6, 6.07) is 5.75. The van der Waals surface area contributed by atoms with Crippen LogP contribution in [0.3, 0.4) is 0 Å². The molecular weight excluding hydrogens is 397 g/mol. The Morgan fingerprint density at radius 2 is 2.13 bits per heavy atom. The minimum Gasteiger partial charge on any atom is -0.496 e. The number of nitrogens with zero attached hydrogens (tertiary/aromatic N) is 3. The van der Waals surface area contributed by atoms with E-state index in [9.17, 15) is 9.18 Å². The van der Waals surface area contributed by atoms with Gasteiger partial charge in [-0.15, -0.1) is 0 Å². The van der Waals surface area contributed by atoms with Gasteiger partial charge in [0.05, 0.1) is 32.6 Å². The second-order valence-corrected chi connectivity index (χ2v) is 9.78. The van der Waals surface area contributed by atoms with Crippen LogP contribution in [0.15, 0.2) is 24.4 Å². The van der Waals surface area contributed by atoms with Gasteiger partial charge in [-0.1, -0.05) is 6.42 Å². The summed E-state index contributed by atoms with van der Waals surface area (Å²) in [5.41, 5.74) is 1.06. The third-order valence-electron chi connectivity index (χ3n) is 5.96. The molecule has 0 saturated carbocycles.